The van der Waals surface area contributed by atoms with E-state index in [1.54, 1.807) is 6.20 Å². The van der Waals surface area contributed by atoms with Gasteiger partial charge in [0, 0.05) is 36.6 Å². The van der Waals surface area contributed by atoms with Crippen LogP contribution >= 0.6 is 0 Å². The predicted molar refractivity (Wildman–Crippen MR) is 81.2 cm³/mol. The third-order valence-electron chi connectivity index (χ3n) is 3.50. The minimum absolute atomic E-state index is 0.266. The van der Waals surface area contributed by atoms with E-state index in [0.717, 1.165) is 12.1 Å². The van der Waals surface area contributed by atoms with Crippen LogP contribution in [0.1, 0.15) is 24.1 Å². The zero-order chi connectivity index (χ0) is 13.8. The average Bonchev–Trinajstić information content (AvgIpc) is 2.53. The summed E-state index contributed by atoms with van der Waals surface area (Å²) in [5, 5.41) is 4.71. The Hall–Kier alpha value is -2.26. The van der Waals surface area contributed by atoms with Crippen LogP contribution < -0.4 is 5.32 Å². The molecule has 3 aromatic rings. The molecular formula is C17H17N3. The summed E-state index contributed by atoms with van der Waals surface area (Å²) >= 11 is 0. The SMILES string of the molecule is C[C@@H](NCc1cccc2cccnc12)c1cccnc1. The lowest BCUT2D eigenvalue weighted by Gasteiger charge is -2.14. The largest absolute Gasteiger partial charge is 0.306 e. The second kappa shape index (κ2) is 5.80. The van der Waals surface area contributed by atoms with Crippen molar-refractivity contribution in [2.45, 2.75) is 19.5 Å². The Labute approximate surface area is 118 Å². The molecule has 0 amide bonds. The van der Waals surface area contributed by atoms with E-state index in [0.29, 0.717) is 0 Å². The maximum atomic E-state index is 4.48. The number of benzene rings is 1. The van der Waals surface area contributed by atoms with Gasteiger partial charge in [0.1, 0.15) is 0 Å². The smallest absolute Gasteiger partial charge is 0.0746 e. The Morgan fingerprint density at radius 3 is 2.75 bits per heavy atom. The van der Waals surface area contributed by atoms with E-state index in [4.69, 9.17) is 0 Å². The molecule has 0 saturated carbocycles. The zero-order valence-electron chi connectivity index (χ0n) is 11.5. The maximum absolute atomic E-state index is 4.48. The molecule has 1 atom stereocenters. The number of hydrogen-bond acceptors (Lipinski definition) is 3. The summed E-state index contributed by atoms with van der Waals surface area (Å²) in [5.74, 6) is 0. The fraction of sp³-hybridized carbons (Fsp3) is 0.176. The summed E-state index contributed by atoms with van der Waals surface area (Å²) in [6.07, 6.45) is 5.54. The van der Waals surface area contributed by atoms with Crippen LogP contribution in [-0.4, -0.2) is 9.97 Å². The highest BCUT2D eigenvalue weighted by Gasteiger charge is 2.06. The third kappa shape index (κ3) is 2.68. The number of fused-ring (bicyclic) bond motifs is 1. The van der Waals surface area contributed by atoms with E-state index in [1.807, 2.05) is 24.5 Å². The first kappa shape index (κ1) is 12.8. The molecule has 3 rings (SSSR count). The van der Waals surface area contributed by atoms with Gasteiger partial charge in [-0.2, -0.15) is 0 Å². The van der Waals surface area contributed by atoms with Crippen LogP contribution in [0, 0.1) is 0 Å². The molecule has 0 aliphatic carbocycles. The molecule has 20 heavy (non-hydrogen) atoms. The number of aromatic nitrogens is 2. The van der Waals surface area contributed by atoms with E-state index in [-0.39, 0.29) is 6.04 Å². The van der Waals surface area contributed by atoms with Crippen molar-refractivity contribution in [3.05, 3.63) is 72.2 Å². The molecule has 2 aromatic heterocycles. The van der Waals surface area contributed by atoms with Gasteiger partial charge in [-0.15, -0.1) is 0 Å². The molecule has 1 N–H and O–H groups in total. The van der Waals surface area contributed by atoms with Crippen LogP contribution in [0.2, 0.25) is 0 Å². The monoisotopic (exact) mass is 263 g/mol. The lowest BCUT2D eigenvalue weighted by molar-refractivity contribution is 0.574. The van der Waals surface area contributed by atoms with Gasteiger partial charge >= 0.3 is 0 Å². The van der Waals surface area contributed by atoms with Crippen molar-refractivity contribution in [2.75, 3.05) is 0 Å². The Balaban J connectivity index is 1.77. The second-order valence-corrected chi connectivity index (χ2v) is 4.88. The fourth-order valence-electron chi connectivity index (χ4n) is 2.32. The van der Waals surface area contributed by atoms with Gasteiger partial charge in [0.25, 0.3) is 0 Å². The van der Waals surface area contributed by atoms with Gasteiger partial charge in [0.2, 0.25) is 0 Å². The van der Waals surface area contributed by atoms with Gasteiger partial charge in [-0.25, -0.2) is 0 Å². The molecular weight excluding hydrogens is 246 g/mol. The molecule has 0 bridgehead atoms. The first-order chi connectivity index (χ1) is 9.84. The van der Waals surface area contributed by atoms with Crippen LogP contribution in [-0.2, 0) is 6.54 Å². The summed E-state index contributed by atoms with van der Waals surface area (Å²) in [4.78, 5) is 8.64. The van der Waals surface area contributed by atoms with Crippen molar-refractivity contribution in [1.29, 1.82) is 0 Å². The molecule has 3 heteroatoms. The van der Waals surface area contributed by atoms with E-state index in [9.17, 15) is 0 Å². The van der Waals surface area contributed by atoms with Crippen LogP contribution in [0.3, 0.4) is 0 Å². The van der Waals surface area contributed by atoms with Crippen LogP contribution in [0.25, 0.3) is 10.9 Å². The summed E-state index contributed by atoms with van der Waals surface area (Å²) in [7, 11) is 0. The van der Waals surface area contributed by atoms with Crippen molar-refractivity contribution in [2.24, 2.45) is 0 Å². The molecule has 0 fully saturated rings. The molecule has 0 aliphatic heterocycles. The normalized spacial score (nSPS) is 12.4. The van der Waals surface area contributed by atoms with E-state index in [1.165, 1.54) is 16.5 Å². The highest BCUT2D eigenvalue weighted by atomic mass is 14.9. The second-order valence-electron chi connectivity index (χ2n) is 4.88. The van der Waals surface area contributed by atoms with Gasteiger partial charge < -0.3 is 5.32 Å². The number of para-hydroxylation sites is 1. The molecule has 0 radical (unpaired) electrons. The maximum Gasteiger partial charge on any atom is 0.0746 e. The lowest BCUT2D eigenvalue weighted by Crippen LogP contribution is -2.18. The quantitative estimate of drug-likeness (QED) is 0.783. The molecule has 1 aromatic carbocycles. The molecule has 0 aliphatic rings. The number of rotatable bonds is 4. The third-order valence-corrected chi connectivity index (χ3v) is 3.50. The van der Waals surface area contributed by atoms with E-state index < -0.39 is 0 Å². The summed E-state index contributed by atoms with van der Waals surface area (Å²) in [6.45, 7) is 2.94. The fourth-order valence-corrected chi connectivity index (χ4v) is 2.32. The Kier molecular flexibility index (Phi) is 3.70. The average molecular weight is 263 g/mol. The molecule has 0 saturated heterocycles. The van der Waals surface area contributed by atoms with Gasteiger partial charge in [-0.05, 0) is 30.2 Å². The Morgan fingerprint density at radius 2 is 1.90 bits per heavy atom. The molecule has 0 unspecified atom stereocenters. The van der Waals surface area contributed by atoms with Crippen molar-refractivity contribution >= 4 is 10.9 Å². The summed E-state index contributed by atoms with van der Waals surface area (Å²) in [6, 6.07) is 14.7. The number of nitrogens with one attached hydrogen (secondary N) is 1. The number of pyridine rings is 2. The Bertz CT molecular complexity index is 689. The van der Waals surface area contributed by atoms with Gasteiger partial charge in [0.15, 0.2) is 0 Å². The zero-order valence-corrected chi connectivity index (χ0v) is 11.5. The summed E-state index contributed by atoms with van der Waals surface area (Å²) < 4.78 is 0. The first-order valence-electron chi connectivity index (χ1n) is 6.80. The number of hydrogen-bond donors (Lipinski definition) is 1. The van der Waals surface area contributed by atoms with Crippen molar-refractivity contribution in [3.8, 4) is 0 Å². The topological polar surface area (TPSA) is 37.8 Å². The lowest BCUT2D eigenvalue weighted by atomic mass is 10.1. The van der Waals surface area contributed by atoms with Gasteiger partial charge in [-0.3, -0.25) is 9.97 Å². The molecule has 2 heterocycles. The van der Waals surface area contributed by atoms with Gasteiger partial charge in [0.05, 0.1) is 5.52 Å². The number of nitrogens with zero attached hydrogens (tertiary/aromatic N) is 2. The highest BCUT2D eigenvalue weighted by Crippen LogP contribution is 2.17. The first-order valence-corrected chi connectivity index (χ1v) is 6.80. The van der Waals surface area contributed by atoms with Crippen LogP contribution in [0.15, 0.2) is 61.1 Å². The minimum Gasteiger partial charge on any atom is -0.306 e. The predicted octanol–water partition coefficient (Wildman–Crippen LogP) is 3.48. The molecule has 100 valence electrons. The van der Waals surface area contributed by atoms with Crippen molar-refractivity contribution in [1.82, 2.24) is 15.3 Å². The molecule has 0 spiro atoms. The van der Waals surface area contributed by atoms with E-state index >= 15 is 0 Å². The van der Waals surface area contributed by atoms with E-state index in [2.05, 4.69) is 52.5 Å². The minimum atomic E-state index is 0.266. The molecule has 3 nitrogen and oxygen atoms in total. The van der Waals surface area contributed by atoms with Crippen LogP contribution in [0.4, 0.5) is 0 Å². The standard InChI is InChI=1S/C17H17N3/c1-13(15-8-3-9-18-11-15)20-12-16-6-2-5-14-7-4-10-19-17(14)16/h2-11,13,20H,12H2,1H3/t13-/m1/s1. The van der Waals surface area contributed by atoms with Crippen molar-refractivity contribution in [3.63, 3.8) is 0 Å². The Morgan fingerprint density at radius 1 is 1.05 bits per heavy atom. The van der Waals surface area contributed by atoms with Gasteiger partial charge in [-0.1, -0.05) is 30.3 Å². The van der Waals surface area contributed by atoms with Crippen LogP contribution in [0.5, 0.6) is 0 Å². The van der Waals surface area contributed by atoms with Crippen molar-refractivity contribution < 1.29 is 0 Å². The highest BCUT2D eigenvalue weighted by molar-refractivity contribution is 5.81. The summed E-state index contributed by atoms with van der Waals surface area (Å²) in [5.41, 5.74) is 3.49.